The topological polar surface area (TPSA) is 99.8 Å². The summed E-state index contributed by atoms with van der Waals surface area (Å²) in [4.78, 5) is 38.8. The van der Waals surface area contributed by atoms with E-state index in [2.05, 4.69) is 20.9 Å². The van der Waals surface area contributed by atoms with Crippen LogP contribution in [-0.4, -0.2) is 68.1 Å². The van der Waals surface area contributed by atoms with E-state index in [-0.39, 0.29) is 30.6 Å². The molecule has 3 amide bonds. The number of rotatable bonds is 6. The number of carbonyl (C=O) groups excluding carboxylic acids is 3. The molecule has 2 heterocycles. The number of hydrogen-bond acceptors (Lipinski definition) is 5. The minimum atomic E-state index is -0.722. The zero-order valence-electron chi connectivity index (χ0n) is 14.6. The summed E-state index contributed by atoms with van der Waals surface area (Å²) in [6.45, 7) is 4.56. The second kappa shape index (κ2) is 8.77. The van der Waals surface area contributed by atoms with E-state index in [0.29, 0.717) is 17.8 Å². The Labute approximate surface area is 152 Å². The van der Waals surface area contributed by atoms with Crippen molar-refractivity contribution in [3.8, 4) is 0 Å². The Morgan fingerprint density at radius 2 is 2.00 bits per heavy atom. The first-order chi connectivity index (χ1) is 12.6. The first kappa shape index (κ1) is 18.3. The minimum absolute atomic E-state index is 0.123. The molecule has 1 saturated heterocycles. The molecule has 140 valence electrons. The number of para-hydroxylation sites is 1. The number of morpholine rings is 1. The zero-order valence-corrected chi connectivity index (χ0v) is 14.6. The highest BCUT2D eigenvalue weighted by molar-refractivity contribution is 6.09. The van der Waals surface area contributed by atoms with Crippen molar-refractivity contribution in [2.75, 3.05) is 44.7 Å². The van der Waals surface area contributed by atoms with E-state index in [9.17, 15) is 14.4 Å². The molecule has 3 N–H and O–H groups in total. The van der Waals surface area contributed by atoms with Gasteiger partial charge in [0.2, 0.25) is 11.8 Å². The van der Waals surface area contributed by atoms with Gasteiger partial charge in [0.1, 0.15) is 6.04 Å². The fourth-order valence-electron chi connectivity index (χ4n) is 3.06. The Bertz CT molecular complexity index is 673. The molecule has 1 fully saturated rings. The lowest BCUT2D eigenvalue weighted by atomic mass is 10.1. The quantitative estimate of drug-likeness (QED) is 0.661. The largest absolute Gasteiger partial charge is 0.379 e. The van der Waals surface area contributed by atoms with E-state index in [1.807, 2.05) is 0 Å². The highest BCUT2D eigenvalue weighted by Gasteiger charge is 2.27. The molecule has 0 radical (unpaired) electrons. The molecule has 0 saturated carbocycles. The molecule has 1 aromatic rings. The summed E-state index contributed by atoms with van der Waals surface area (Å²) in [6, 6.07) is 6.13. The van der Waals surface area contributed by atoms with Gasteiger partial charge < -0.3 is 20.7 Å². The third-order valence-electron chi connectivity index (χ3n) is 4.57. The number of hydrogen-bond donors (Lipinski definition) is 3. The standard InChI is InChI=1S/C18H24N4O4/c23-16(19-7-8-22-9-11-26-12-10-22)6-5-15-18(25)20-14-4-2-1-3-13(14)17(24)21-15/h1-4,15H,5-12H2,(H,19,23)(H,20,25)(H,21,24)/t15-/m1/s1. The minimum Gasteiger partial charge on any atom is -0.379 e. The SMILES string of the molecule is O=C(CC[C@H]1NC(=O)c2ccccc2NC1=O)NCCN1CCOCC1. The molecule has 0 aromatic heterocycles. The Hall–Kier alpha value is -2.45. The summed E-state index contributed by atoms with van der Waals surface area (Å²) in [6.07, 6.45) is 0.437. The van der Waals surface area contributed by atoms with Gasteiger partial charge in [0.25, 0.3) is 5.91 Å². The summed E-state index contributed by atoms with van der Waals surface area (Å²) in [5, 5.41) is 8.30. The maximum absolute atomic E-state index is 12.3. The normalized spacial score (nSPS) is 20.5. The Kier molecular flexibility index (Phi) is 6.19. The van der Waals surface area contributed by atoms with E-state index in [0.717, 1.165) is 32.8 Å². The molecule has 0 aliphatic carbocycles. The molecule has 3 rings (SSSR count). The number of fused-ring (bicyclic) bond motifs is 1. The molecule has 1 aromatic carbocycles. The summed E-state index contributed by atoms with van der Waals surface area (Å²) >= 11 is 0. The summed E-state index contributed by atoms with van der Waals surface area (Å²) < 4.78 is 5.28. The van der Waals surface area contributed by atoms with Gasteiger partial charge in [-0.2, -0.15) is 0 Å². The van der Waals surface area contributed by atoms with Crippen molar-refractivity contribution in [2.45, 2.75) is 18.9 Å². The molecule has 0 bridgehead atoms. The van der Waals surface area contributed by atoms with Crippen molar-refractivity contribution in [2.24, 2.45) is 0 Å². The van der Waals surface area contributed by atoms with Crippen molar-refractivity contribution in [1.29, 1.82) is 0 Å². The van der Waals surface area contributed by atoms with Crippen LogP contribution >= 0.6 is 0 Å². The molecule has 2 aliphatic heterocycles. The first-order valence-electron chi connectivity index (χ1n) is 8.91. The van der Waals surface area contributed by atoms with Gasteiger partial charge in [0.15, 0.2) is 0 Å². The van der Waals surface area contributed by atoms with Crippen LogP contribution in [0.25, 0.3) is 0 Å². The van der Waals surface area contributed by atoms with Crippen LogP contribution in [0.5, 0.6) is 0 Å². The summed E-state index contributed by atoms with van der Waals surface area (Å²) in [5.74, 6) is -0.733. The molecule has 8 heteroatoms. The number of ether oxygens (including phenoxy) is 1. The second-order valence-electron chi connectivity index (χ2n) is 6.40. The van der Waals surface area contributed by atoms with Gasteiger partial charge in [-0.05, 0) is 18.6 Å². The predicted octanol–water partition coefficient (Wildman–Crippen LogP) is -0.0343. The maximum Gasteiger partial charge on any atom is 0.254 e. The van der Waals surface area contributed by atoms with E-state index in [1.54, 1.807) is 24.3 Å². The second-order valence-corrected chi connectivity index (χ2v) is 6.40. The molecule has 8 nitrogen and oxygen atoms in total. The lowest BCUT2D eigenvalue weighted by molar-refractivity contribution is -0.121. The number of anilines is 1. The lowest BCUT2D eigenvalue weighted by Crippen LogP contribution is -2.43. The molecule has 1 atom stereocenters. The van der Waals surface area contributed by atoms with Crippen LogP contribution in [0, 0.1) is 0 Å². The van der Waals surface area contributed by atoms with Gasteiger partial charge in [-0.1, -0.05) is 12.1 Å². The predicted molar refractivity (Wildman–Crippen MR) is 95.8 cm³/mol. The van der Waals surface area contributed by atoms with Gasteiger partial charge in [0, 0.05) is 32.6 Å². The summed E-state index contributed by atoms with van der Waals surface area (Å²) in [7, 11) is 0. The molecule has 0 unspecified atom stereocenters. The van der Waals surface area contributed by atoms with Crippen LogP contribution in [0.4, 0.5) is 5.69 Å². The summed E-state index contributed by atoms with van der Waals surface area (Å²) in [5.41, 5.74) is 0.922. The lowest BCUT2D eigenvalue weighted by Gasteiger charge is -2.26. The maximum atomic E-state index is 12.3. The van der Waals surface area contributed by atoms with Gasteiger partial charge in [0.05, 0.1) is 24.5 Å². The van der Waals surface area contributed by atoms with Crippen molar-refractivity contribution in [3.05, 3.63) is 29.8 Å². The smallest absolute Gasteiger partial charge is 0.254 e. The first-order valence-corrected chi connectivity index (χ1v) is 8.91. The highest BCUT2D eigenvalue weighted by atomic mass is 16.5. The van der Waals surface area contributed by atoms with Crippen LogP contribution in [-0.2, 0) is 14.3 Å². The highest BCUT2D eigenvalue weighted by Crippen LogP contribution is 2.19. The fourth-order valence-corrected chi connectivity index (χ4v) is 3.06. The van der Waals surface area contributed by atoms with Gasteiger partial charge in [-0.3, -0.25) is 19.3 Å². The van der Waals surface area contributed by atoms with Crippen molar-refractivity contribution in [3.63, 3.8) is 0 Å². The average molecular weight is 360 g/mol. The number of carbonyl (C=O) groups is 3. The van der Waals surface area contributed by atoms with Crippen molar-refractivity contribution in [1.82, 2.24) is 15.5 Å². The Morgan fingerprint density at radius 3 is 2.81 bits per heavy atom. The number of nitrogens with one attached hydrogen (secondary N) is 3. The average Bonchev–Trinajstić information content (AvgIpc) is 2.77. The van der Waals surface area contributed by atoms with Crippen LogP contribution in [0.1, 0.15) is 23.2 Å². The monoisotopic (exact) mass is 360 g/mol. The van der Waals surface area contributed by atoms with E-state index in [4.69, 9.17) is 4.74 Å². The van der Waals surface area contributed by atoms with Crippen molar-refractivity contribution < 1.29 is 19.1 Å². The van der Waals surface area contributed by atoms with Gasteiger partial charge in [-0.25, -0.2) is 0 Å². The number of benzene rings is 1. The van der Waals surface area contributed by atoms with Crippen LogP contribution in [0.3, 0.4) is 0 Å². The van der Waals surface area contributed by atoms with E-state index < -0.39 is 6.04 Å². The number of nitrogens with zero attached hydrogens (tertiary/aromatic N) is 1. The Morgan fingerprint density at radius 1 is 1.23 bits per heavy atom. The van der Waals surface area contributed by atoms with Crippen LogP contribution in [0.2, 0.25) is 0 Å². The zero-order chi connectivity index (χ0) is 18.4. The van der Waals surface area contributed by atoms with Gasteiger partial charge >= 0.3 is 0 Å². The number of amides is 3. The van der Waals surface area contributed by atoms with Crippen LogP contribution < -0.4 is 16.0 Å². The molecule has 0 spiro atoms. The van der Waals surface area contributed by atoms with Crippen LogP contribution in [0.15, 0.2) is 24.3 Å². The molecular weight excluding hydrogens is 336 g/mol. The Balaban J connectivity index is 1.43. The van der Waals surface area contributed by atoms with E-state index in [1.165, 1.54) is 0 Å². The third-order valence-corrected chi connectivity index (χ3v) is 4.57. The van der Waals surface area contributed by atoms with Gasteiger partial charge in [-0.15, -0.1) is 0 Å². The third kappa shape index (κ3) is 4.80. The fraction of sp³-hybridized carbons (Fsp3) is 0.500. The molecular formula is C18H24N4O4. The molecule has 2 aliphatic rings. The van der Waals surface area contributed by atoms with Crippen molar-refractivity contribution >= 4 is 23.4 Å². The van der Waals surface area contributed by atoms with E-state index >= 15 is 0 Å². The molecule has 26 heavy (non-hydrogen) atoms.